The Kier molecular flexibility index (Phi) is 6.09. The van der Waals surface area contributed by atoms with Crippen molar-refractivity contribution in [1.29, 1.82) is 5.26 Å². The molecule has 2 N–H and O–H groups in total. The summed E-state index contributed by atoms with van der Waals surface area (Å²) < 4.78 is 10.4. The first-order chi connectivity index (χ1) is 13.5. The van der Waals surface area contributed by atoms with Gasteiger partial charge in [0.1, 0.15) is 6.07 Å². The standard InChI is InChI=1S/C19H14ClN3O4S/c1-26-16-8-11(7-13(20)18(16)27-10-17(24)25)6-12(9-21)28-19-22-14-4-2-3-5-15(14)23-19/h2-8H,10H2,1H3,(H,22,23)(H,24,25)/b12-6+. The third-order valence-corrected chi connectivity index (χ3v) is 4.67. The summed E-state index contributed by atoms with van der Waals surface area (Å²) in [6, 6.07) is 12.9. The Hall–Kier alpha value is -3.15. The number of aromatic amines is 1. The smallest absolute Gasteiger partial charge is 0.341 e. The van der Waals surface area contributed by atoms with Gasteiger partial charge in [-0.15, -0.1) is 0 Å². The van der Waals surface area contributed by atoms with E-state index in [9.17, 15) is 10.1 Å². The van der Waals surface area contributed by atoms with Gasteiger partial charge in [-0.2, -0.15) is 5.26 Å². The normalized spacial score (nSPS) is 11.2. The molecule has 142 valence electrons. The van der Waals surface area contributed by atoms with Crippen molar-refractivity contribution < 1.29 is 19.4 Å². The molecular weight excluding hydrogens is 402 g/mol. The van der Waals surface area contributed by atoms with E-state index in [1.54, 1.807) is 18.2 Å². The fourth-order valence-corrected chi connectivity index (χ4v) is 3.44. The summed E-state index contributed by atoms with van der Waals surface area (Å²) in [4.78, 5) is 18.7. The molecule has 3 aromatic rings. The van der Waals surface area contributed by atoms with Gasteiger partial charge in [-0.1, -0.05) is 23.7 Å². The highest BCUT2D eigenvalue weighted by atomic mass is 35.5. The fraction of sp³-hybridized carbons (Fsp3) is 0.105. The Labute approximate surface area is 169 Å². The molecule has 0 radical (unpaired) electrons. The van der Waals surface area contributed by atoms with Crippen molar-refractivity contribution in [3.63, 3.8) is 0 Å². The maximum Gasteiger partial charge on any atom is 0.341 e. The number of nitriles is 1. The maximum atomic E-state index is 10.7. The molecule has 7 nitrogen and oxygen atoms in total. The number of imidazole rings is 1. The van der Waals surface area contributed by atoms with E-state index in [4.69, 9.17) is 26.2 Å². The molecule has 0 aliphatic heterocycles. The molecule has 0 saturated carbocycles. The first-order valence-corrected chi connectivity index (χ1v) is 9.16. The minimum Gasteiger partial charge on any atom is -0.493 e. The van der Waals surface area contributed by atoms with Crippen LogP contribution in [0, 0.1) is 11.3 Å². The number of hydrogen-bond donors (Lipinski definition) is 2. The lowest BCUT2D eigenvalue weighted by Gasteiger charge is -2.12. The molecular formula is C19H14ClN3O4S. The zero-order valence-corrected chi connectivity index (χ0v) is 16.2. The van der Waals surface area contributed by atoms with E-state index in [0.29, 0.717) is 15.6 Å². The number of fused-ring (bicyclic) bond motifs is 1. The van der Waals surface area contributed by atoms with E-state index in [1.807, 2.05) is 24.3 Å². The molecule has 0 amide bonds. The van der Waals surface area contributed by atoms with Gasteiger partial charge >= 0.3 is 5.97 Å². The molecule has 9 heteroatoms. The number of halogens is 1. The summed E-state index contributed by atoms with van der Waals surface area (Å²) in [5.74, 6) is -0.728. The summed E-state index contributed by atoms with van der Waals surface area (Å²) in [6.45, 7) is -0.545. The minimum absolute atomic E-state index is 0.132. The Morgan fingerprint density at radius 1 is 1.43 bits per heavy atom. The summed E-state index contributed by atoms with van der Waals surface area (Å²) in [5.41, 5.74) is 2.29. The number of benzene rings is 2. The van der Waals surface area contributed by atoms with Gasteiger partial charge < -0.3 is 19.6 Å². The molecule has 1 heterocycles. The van der Waals surface area contributed by atoms with Gasteiger partial charge in [0, 0.05) is 0 Å². The first-order valence-electron chi connectivity index (χ1n) is 7.96. The number of carboxylic acid groups (broad SMARTS) is 1. The number of allylic oxidation sites excluding steroid dienone is 1. The lowest BCUT2D eigenvalue weighted by atomic mass is 10.2. The first kappa shape index (κ1) is 19.6. The summed E-state index contributed by atoms with van der Waals surface area (Å²) in [5, 5.41) is 19.0. The van der Waals surface area contributed by atoms with Crippen molar-refractivity contribution >= 4 is 46.4 Å². The van der Waals surface area contributed by atoms with E-state index in [2.05, 4.69) is 16.0 Å². The Morgan fingerprint density at radius 2 is 2.21 bits per heavy atom. The number of H-pyrrole nitrogens is 1. The lowest BCUT2D eigenvalue weighted by molar-refractivity contribution is -0.139. The van der Waals surface area contributed by atoms with Gasteiger partial charge in [0.05, 0.1) is 28.1 Å². The number of para-hydroxylation sites is 2. The zero-order chi connectivity index (χ0) is 20.1. The Morgan fingerprint density at radius 3 is 2.89 bits per heavy atom. The molecule has 28 heavy (non-hydrogen) atoms. The number of nitrogens with zero attached hydrogens (tertiary/aromatic N) is 2. The minimum atomic E-state index is -1.13. The summed E-state index contributed by atoms with van der Waals surface area (Å²) in [6.07, 6.45) is 1.63. The molecule has 0 saturated heterocycles. The molecule has 3 rings (SSSR count). The van der Waals surface area contributed by atoms with Crippen LogP contribution in [0.25, 0.3) is 17.1 Å². The van der Waals surface area contributed by atoms with E-state index < -0.39 is 12.6 Å². The van der Waals surface area contributed by atoms with E-state index >= 15 is 0 Å². The number of hydrogen-bond acceptors (Lipinski definition) is 6. The van der Waals surface area contributed by atoms with Crippen LogP contribution in [0.3, 0.4) is 0 Å². The molecule has 1 aromatic heterocycles. The second-order valence-electron chi connectivity index (χ2n) is 5.50. The monoisotopic (exact) mass is 415 g/mol. The van der Waals surface area contributed by atoms with Crippen molar-refractivity contribution in [2.75, 3.05) is 13.7 Å². The number of methoxy groups -OCH3 is 1. The largest absolute Gasteiger partial charge is 0.493 e. The van der Waals surface area contributed by atoms with Crippen molar-refractivity contribution in [2.24, 2.45) is 0 Å². The zero-order valence-electron chi connectivity index (χ0n) is 14.6. The predicted octanol–water partition coefficient (Wildman–Crippen LogP) is 4.35. The van der Waals surface area contributed by atoms with Gasteiger partial charge in [0.25, 0.3) is 0 Å². The SMILES string of the molecule is COc1cc(/C=C(\C#N)Sc2nc3ccccc3[nH]2)cc(Cl)c1OCC(=O)O. The molecule has 0 bridgehead atoms. The topological polar surface area (TPSA) is 108 Å². The number of aromatic nitrogens is 2. The Bertz CT molecular complexity index is 1070. The number of ether oxygens (including phenoxy) is 2. The number of aliphatic carboxylic acids is 1. The molecule has 0 aliphatic carbocycles. The van der Waals surface area contributed by atoms with E-state index in [0.717, 1.165) is 11.0 Å². The second kappa shape index (κ2) is 8.69. The number of nitrogens with one attached hydrogen (secondary N) is 1. The maximum absolute atomic E-state index is 10.7. The van der Waals surface area contributed by atoms with E-state index in [1.165, 1.54) is 18.9 Å². The third-order valence-electron chi connectivity index (χ3n) is 3.57. The van der Waals surface area contributed by atoms with E-state index in [-0.39, 0.29) is 16.5 Å². The highest BCUT2D eigenvalue weighted by Gasteiger charge is 2.14. The van der Waals surface area contributed by atoms with Crippen LogP contribution in [0.4, 0.5) is 0 Å². The Balaban J connectivity index is 1.88. The number of rotatable bonds is 7. The van der Waals surface area contributed by atoms with Crippen LogP contribution in [0.2, 0.25) is 5.02 Å². The molecule has 0 atom stereocenters. The quantitative estimate of drug-likeness (QED) is 0.436. The number of carbonyl (C=O) groups is 1. The molecule has 0 fully saturated rings. The highest BCUT2D eigenvalue weighted by molar-refractivity contribution is 8.03. The van der Waals surface area contributed by atoms with Crippen LogP contribution >= 0.6 is 23.4 Å². The van der Waals surface area contributed by atoms with Crippen molar-refractivity contribution in [2.45, 2.75) is 5.16 Å². The number of thioether (sulfide) groups is 1. The van der Waals surface area contributed by atoms with Gasteiger partial charge in [0.15, 0.2) is 23.3 Å². The third kappa shape index (κ3) is 4.57. The lowest BCUT2D eigenvalue weighted by Crippen LogP contribution is -2.10. The highest BCUT2D eigenvalue weighted by Crippen LogP contribution is 2.38. The fourth-order valence-electron chi connectivity index (χ4n) is 2.41. The van der Waals surface area contributed by atoms with Gasteiger partial charge in [-0.25, -0.2) is 9.78 Å². The van der Waals surface area contributed by atoms with Gasteiger partial charge in [-0.3, -0.25) is 0 Å². The predicted molar refractivity (Wildman–Crippen MR) is 107 cm³/mol. The average Bonchev–Trinajstić information content (AvgIpc) is 3.08. The second-order valence-corrected chi connectivity index (χ2v) is 6.94. The van der Waals surface area contributed by atoms with Crippen LogP contribution in [-0.4, -0.2) is 34.8 Å². The number of carboxylic acids is 1. The summed E-state index contributed by atoms with van der Waals surface area (Å²) in [7, 11) is 1.42. The molecule has 0 spiro atoms. The average molecular weight is 416 g/mol. The molecule has 0 aliphatic rings. The van der Waals surface area contributed by atoms with Crippen LogP contribution in [0.1, 0.15) is 5.56 Å². The van der Waals surface area contributed by atoms with Crippen LogP contribution in [0.15, 0.2) is 46.5 Å². The van der Waals surface area contributed by atoms with Crippen molar-refractivity contribution in [3.8, 4) is 17.6 Å². The van der Waals surface area contributed by atoms with Crippen molar-refractivity contribution in [3.05, 3.63) is 51.9 Å². The summed E-state index contributed by atoms with van der Waals surface area (Å²) >= 11 is 7.39. The van der Waals surface area contributed by atoms with Gasteiger partial charge in [-0.05, 0) is 47.7 Å². The molecule has 2 aromatic carbocycles. The van der Waals surface area contributed by atoms with Crippen LogP contribution < -0.4 is 9.47 Å². The van der Waals surface area contributed by atoms with Gasteiger partial charge in [0.2, 0.25) is 0 Å². The van der Waals surface area contributed by atoms with Crippen molar-refractivity contribution in [1.82, 2.24) is 9.97 Å². The molecule has 0 unspecified atom stereocenters. The van der Waals surface area contributed by atoms with Crippen LogP contribution in [-0.2, 0) is 4.79 Å². The van der Waals surface area contributed by atoms with Crippen LogP contribution in [0.5, 0.6) is 11.5 Å².